The van der Waals surface area contributed by atoms with Gasteiger partial charge in [-0.1, -0.05) is 11.8 Å². The standard InChI is InChI=1S/C7H4F3NO3S/c8-7(9,10)5-4(6(13)14)11-2(12)1-3(11)15-5/h3H,1H2,(H,13,14)/t3-/m0/s1. The lowest BCUT2D eigenvalue weighted by atomic mass is 10.1. The molecule has 0 aromatic carbocycles. The first-order valence-electron chi connectivity index (χ1n) is 3.86. The number of hydrogen-bond acceptors (Lipinski definition) is 3. The number of carbonyl (C=O) groups excluding carboxylic acids is 1. The van der Waals surface area contributed by atoms with E-state index in [4.69, 9.17) is 5.11 Å². The van der Waals surface area contributed by atoms with E-state index < -0.39 is 34.0 Å². The number of halogens is 3. The summed E-state index contributed by atoms with van der Waals surface area (Å²) >= 11 is 0.386. The average Bonchev–Trinajstić information content (AvgIpc) is 2.36. The molecule has 2 aliphatic heterocycles. The van der Waals surface area contributed by atoms with Crippen LogP contribution in [0.15, 0.2) is 10.6 Å². The van der Waals surface area contributed by atoms with Crippen LogP contribution in [-0.4, -0.2) is 33.4 Å². The second-order valence-electron chi connectivity index (χ2n) is 3.02. The predicted molar refractivity (Wildman–Crippen MR) is 43.6 cm³/mol. The Morgan fingerprint density at radius 3 is 2.53 bits per heavy atom. The molecule has 1 amide bonds. The molecule has 0 aromatic rings. The number of hydrogen-bond donors (Lipinski definition) is 1. The Labute approximate surface area is 85.7 Å². The SMILES string of the molecule is O=C(O)C1=C(C(F)(F)F)S[C@H]2CC(=O)N12. The van der Waals surface area contributed by atoms with Crippen molar-refractivity contribution in [3.05, 3.63) is 10.6 Å². The topological polar surface area (TPSA) is 57.6 Å². The maximum absolute atomic E-state index is 12.4. The second-order valence-corrected chi connectivity index (χ2v) is 4.21. The number of allylic oxidation sites excluding steroid dienone is 1. The lowest BCUT2D eigenvalue weighted by molar-refractivity contribution is -0.146. The van der Waals surface area contributed by atoms with E-state index in [1.807, 2.05) is 0 Å². The van der Waals surface area contributed by atoms with Crippen LogP contribution in [0.25, 0.3) is 0 Å². The first-order valence-corrected chi connectivity index (χ1v) is 4.74. The number of nitrogens with zero attached hydrogens (tertiary/aromatic N) is 1. The van der Waals surface area contributed by atoms with Crippen molar-refractivity contribution in [1.82, 2.24) is 4.90 Å². The summed E-state index contributed by atoms with van der Waals surface area (Å²) in [5, 5.41) is 7.93. The van der Waals surface area contributed by atoms with Gasteiger partial charge in [-0.25, -0.2) is 4.79 Å². The number of carbonyl (C=O) groups is 2. The predicted octanol–water partition coefficient (Wildman–Crippen LogP) is 1.15. The van der Waals surface area contributed by atoms with Crippen LogP contribution in [0.3, 0.4) is 0 Å². The van der Waals surface area contributed by atoms with Crippen LogP contribution in [-0.2, 0) is 9.59 Å². The molecular formula is C7H4F3NO3S. The van der Waals surface area contributed by atoms with Crippen LogP contribution in [0, 0.1) is 0 Å². The van der Waals surface area contributed by atoms with E-state index in [2.05, 4.69) is 0 Å². The summed E-state index contributed by atoms with van der Waals surface area (Å²) in [7, 11) is 0. The summed E-state index contributed by atoms with van der Waals surface area (Å²) < 4.78 is 37.2. The summed E-state index contributed by atoms with van der Waals surface area (Å²) in [5.41, 5.74) is -0.936. The molecule has 0 bridgehead atoms. The van der Waals surface area contributed by atoms with Crippen molar-refractivity contribution in [2.45, 2.75) is 18.0 Å². The number of amides is 1. The fourth-order valence-electron chi connectivity index (χ4n) is 1.45. The average molecular weight is 239 g/mol. The molecule has 15 heavy (non-hydrogen) atoms. The Morgan fingerprint density at radius 1 is 1.53 bits per heavy atom. The maximum Gasteiger partial charge on any atom is 0.424 e. The zero-order valence-corrected chi connectivity index (χ0v) is 7.85. The number of thioether (sulfide) groups is 1. The van der Waals surface area contributed by atoms with Gasteiger partial charge in [0.05, 0.1) is 11.8 Å². The molecule has 0 spiro atoms. The van der Waals surface area contributed by atoms with E-state index in [9.17, 15) is 22.8 Å². The van der Waals surface area contributed by atoms with Crippen molar-refractivity contribution < 1.29 is 27.9 Å². The molecule has 0 aromatic heterocycles. The number of β-lactam (4-membered cyclic amide) rings is 1. The van der Waals surface area contributed by atoms with Crippen molar-refractivity contribution in [1.29, 1.82) is 0 Å². The number of carboxylic acid groups (broad SMARTS) is 1. The Hall–Kier alpha value is -1.18. The second kappa shape index (κ2) is 2.91. The molecule has 4 nitrogen and oxygen atoms in total. The van der Waals surface area contributed by atoms with Gasteiger partial charge in [-0.05, 0) is 0 Å². The molecule has 1 atom stereocenters. The molecule has 8 heteroatoms. The van der Waals surface area contributed by atoms with Crippen LogP contribution in [0.2, 0.25) is 0 Å². The molecule has 2 aliphatic rings. The molecule has 2 rings (SSSR count). The van der Waals surface area contributed by atoms with Gasteiger partial charge in [-0.15, -0.1) is 0 Å². The number of rotatable bonds is 1. The minimum atomic E-state index is -4.71. The molecule has 0 radical (unpaired) electrons. The van der Waals surface area contributed by atoms with E-state index in [0.717, 1.165) is 0 Å². The molecule has 1 fully saturated rings. The van der Waals surface area contributed by atoms with Gasteiger partial charge in [-0.2, -0.15) is 13.2 Å². The fraction of sp³-hybridized carbons (Fsp3) is 0.429. The van der Waals surface area contributed by atoms with E-state index in [1.165, 1.54) is 0 Å². The smallest absolute Gasteiger partial charge is 0.424 e. The van der Waals surface area contributed by atoms with E-state index >= 15 is 0 Å². The molecule has 82 valence electrons. The molecule has 1 N–H and O–H groups in total. The summed E-state index contributed by atoms with van der Waals surface area (Å²) in [4.78, 5) is 21.1. The number of aliphatic carboxylic acids is 1. The maximum atomic E-state index is 12.4. The van der Waals surface area contributed by atoms with E-state index in [-0.39, 0.29) is 6.42 Å². The highest BCUT2D eigenvalue weighted by Gasteiger charge is 2.55. The largest absolute Gasteiger partial charge is 0.477 e. The van der Waals surface area contributed by atoms with Crippen molar-refractivity contribution in [2.24, 2.45) is 0 Å². The third-order valence-electron chi connectivity index (χ3n) is 2.08. The van der Waals surface area contributed by atoms with Crippen LogP contribution in [0.4, 0.5) is 13.2 Å². The van der Waals surface area contributed by atoms with Crippen molar-refractivity contribution in [3.63, 3.8) is 0 Å². The monoisotopic (exact) mass is 239 g/mol. The number of alkyl halides is 3. The van der Waals surface area contributed by atoms with Gasteiger partial charge in [0.1, 0.15) is 10.6 Å². The van der Waals surface area contributed by atoms with E-state index in [0.29, 0.717) is 16.7 Å². The van der Waals surface area contributed by atoms with Crippen molar-refractivity contribution in [2.75, 3.05) is 0 Å². The molecular weight excluding hydrogens is 235 g/mol. The van der Waals surface area contributed by atoms with E-state index in [1.54, 1.807) is 0 Å². The van der Waals surface area contributed by atoms with Crippen molar-refractivity contribution >= 4 is 23.6 Å². The summed E-state index contributed by atoms with van der Waals surface area (Å²) in [6.45, 7) is 0. The summed E-state index contributed by atoms with van der Waals surface area (Å²) in [6, 6.07) is 0. The Morgan fingerprint density at radius 2 is 2.13 bits per heavy atom. The molecule has 0 unspecified atom stereocenters. The van der Waals surface area contributed by atoms with Crippen LogP contribution >= 0.6 is 11.8 Å². The Kier molecular flexibility index (Phi) is 2.00. The summed E-state index contributed by atoms with van der Waals surface area (Å²) in [6.07, 6.45) is -4.75. The first-order chi connectivity index (χ1) is 6.82. The normalized spacial score (nSPS) is 25.4. The fourth-order valence-corrected chi connectivity index (χ4v) is 2.71. The molecule has 0 saturated carbocycles. The van der Waals surface area contributed by atoms with Gasteiger partial charge in [0.25, 0.3) is 0 Å². The highest BCUT2D eigenvalue weighted by molar-refractivity contribution is 8.04. The lowest BCUT2D eigenvalue weighted by Crippen LogP contribution is -2.48. The molecule has 2 heterocycles. The first kappa shape index (κ1) is 10.3. The van der Waals surface area contributed by atoms with Crippen LogP contribution in [0.5, 0.6) is 0 Å². The zero-order chi connectivity index (χ0) is 11.4. The van der Waals surface area contributed by atoms with Gasteiger partial charge in [0.2, 0.25) is 5.91 Å². The van der Waals surface area contributed by atoms with Gasteiger partial charge in [-0.3, -0.25) is 9.69 Å². The van der Waals surface area contributed by atoms with Crippen LogP contribution in [0.1, 0.15) is 6.42 Å². The lowest BCUT2D eigenvalue weighted by Gasteiger charge is -2.33. The van der Waals surface area contributed by atoms with Gasteiger partial charge >= 0.3 is 12.1 Å². The molecule has 0 aliphatic carbocycles. The third kappa shape index (κ3) is 1.39. The van der Waals surface area contributed by atoms with Crippen LogP contribution < -0.4 is 0 Å². The summed E-state index contributed by atoms with van der Waals surface area (Å²) in [5.74, 6) is -2.30. The third-order valence-corrected chi connectivity index (χ3v) is 3.39. The van der Waals surface area contributed by atoms with Crippen molar-refractivity contribution in [3.8, 4) is 0 Å². The van der Waals surface area contributed by atoms with Gasteiger partial charge in [0.15, 0.2) is 0 Å². The van der Waals surface area contributed by atoms with Gasteiger partial charge < -0.3 is 5.11 Å². The minimum Gasteiger partial charge on any atom is -0.477 e. The number of fused-ring (bicyclic) bond motifs is 1. The molecule has 1 saturated heterocycles. The Bertz CT molecular complexity index is 389. The van der Waals surface area contributed by atoms with Gasteiger partial charge in [0, 0.05) is 0 Å². The quantitative estimate of drug-likeness (QED) is 0.697. The number of carboxylic acids is 1. The zero-order valence-electron chi connectivity index (χ0n) is 7.04. The highest BCUT2D eigenvalue weighted by atomic mass is 32.2. The Balaban J connectivity index is 2.44. The highest BCUT2D eigenvalue weighted by Crippen LogP contribution is 2.51. The minimum absolute atomic E-state index is 0.0406.